The van der Waals surface area contributed by atoms with E-state index in [4.69, 9.17) is 9.84 Å². The highest BCUT2D eigenvalue weighted by Gasteiger charge is 2.21. The van der Waals surface area contributed by atoms with Gasteiger partial charge in [-0.05, 0) is 25.7 Å². The van der Waals surface area contributed by atoms with E-state index in [0.29, 0.717) is 6.54 Å². The molecule has 6 nitrogen and oxygen atoms in total. The Labute approximate surface area is 126 Å². The molecular weight excluding hydrogens is 272 g/mol. The van der Waals surface area contributed by atoms with E-state index in [1.165, 1.54) is 0 Å². The number of carbonyl (C=O) groups is 2. The van der Waals surface area contributed by atoms with Gasteiger partial charge in [-0.25, -0.2) is 0 Å². The molecule has 6 heteroatoms. The second-order valence-electron chi connectivity index (χ2n) is 5.57. The van der Waals surface area contributed by atoms with E-state index in [1.54, 1.807) is 0 Å². The van der Waals surface area contributed by atoms with Crippen molar-refractivity contribution < 1.29 is 19.4 Å². The van der Waals surface area contributed by atoms with Crippen LogP contribution in [0.2, 0.25) is 0 Å². The van der Waals surface area contributed by atoms with Crippen LogP contribution in [0.1, 0.15) is 46.0 Å². The van der Waals surface area contributed by atoms with Gasteiger partial charge in [-0.15, -0.1) is 0 Å². The molecule has 1 rings (SSSR count). The molecule has 0 aromatic heterocycles. The summed E-state index contributed by atoms with van der Waals surface area (Å²) in [5, 5.41) is 11.6. The normalized spacial score (nSPS) is 17.1. The van der Waals surface area contributed by atoms with E-state index in [1.807, 2.05) is 0 Å². The first kappa shape index (κ1) is 17.9. The van der Waals surface area contributed by atoms with Gasteiger partial charge >= 0.3 is 5.97 Å². The van der Waals surface area contributed by atoms with Gasteiger partial charge in [-0.3, -0.25) is 14.5 Å². The Bertz CT molecular complexity index is 324. The molecule has 0 saturated carbocycles. The van der Waals surface area contributed by atoms with Crippen molar-refractivity contribution >= 4 is 11.9 Å². The van der Waals surface area contributed by atoms with Crippen LogP contribution in [0.3, 0.4) is 0 Å². The molecule has 1 aliphatic heterocycles. The summed E-state index contributed by atoms with van der Waals surface area (Å²) in [7, 11) is 0. The monoisotopic (exact) mass is 300 g/mol. The van der Waals surface area contributed by atoms with Crippen LogP contribution in [-0.4, -0.2) is 60.3 Å². The highest BCUT2D eigenvalue weighted by atomic mass is 16.5. The third-order valence-corrected chi connectivity index (χ3v) is 3.92. The van der Waals surface area contributed by atoms with Crippen LogP contribution in [-0.2, 0) is 14.3 Å². The third kappa shape index (κ3) is 7.43. The Balaban J connectivity index is 2.17. The average molecular weight is 300 g/mol. The SMILES string of the molecule is CCC(CC)NC(=O)CN1CCC(OCCC(=O)O)CC1. The zero-order valence-corrected chi connectivity index (χ0v) is 13.1. The number of aliphatic carboxylic acids is 1. The van der Waals surface area contributed by atoms with Gasteiger partial charge < -0.3 is 15.2 Å². The van der Waals surface area contributed by atoms with Crippen LogP contribution in [0.5, 0.6) is 0 Å². The highest BCUT2D eigenvalue weighted by Crippen LogP contribution is 2.13. The molecule has 1 fully saturated rings. The van der Waals surface area contributed by atoms with E-state index in [0.717, 1.165) is 38.8 Å². The van der Waals surface area contributed by atoms with Gasteiger partial charge in [0.05, 0.1) is 25.7 Å². The van der Waals surface area contributed by atoms with Crippen molar-refractivity contribution in [2.24, 2.45) is 0 Å². The summed E-state index contributed by atoms with van der Waals surface area (Å²) in [6.45, 7) is 6.53. The fourth-order valence-electron chi connectivity index (χ4n) is 2.52. The van der Waals surface area contributed by atoms with Crippen molar-refractivity contribution in [2.45, 2.75) is 58.1 Å². The predicted octanol–water partition coefficient (Wildman–Crippen LogP) is 1.25. The number of hydrogen-bond donors (Lipinski definition) is 2. The molecule has 1 saturated heterocycles. The van der Waals surface area contributed by atoms with E-state index in [-0.39, 0.29) is 31.1 Å². The Kier molecular flexibility index (Phi) is 8.30. The molecule has 2 N–H and O–H groups in total. The van der Waals surface area contributed by atoms with Gasteiger partial charge in [0.2, 0.25) is 5.91 Å². The smallest absolute Gasteiger partial charge is 0.305 e. The molecule has 0 aliphatic carbocycles. The zero-order chi connectivity index (χ0) is 15.7. The number of carboxylic acid groups (broad SMARTS) is 1. The maximum absolute atomic E-state index is 11.9. The number of nitrogens with zero attached hydrogens (tertiary/aromatic N) is 1. The van der Waals surface area contributed by atoms with Gasteiger partial charge in [0.1, 0.15) is 0 Å². The molecule has 0 aromatic carbocycles. The van der Waals surface area contributed by atoms with Crippen LogP contribution in [0.25, 0.3) is 0 Å². The van der Waals surface area contributed by atoms with Gasteiger partial charge in [-0.2, -0.15) is 0 Å². The summed E-state index contributed by atoms with van der Waals surface area (Å²) in [6, 6.07) is 0.273. The number of nitrogens with one attached hydrogen (secondary N) is 1. The maximum atomic E-state index is 11.9. The van der Waals surface area contributed by atoms with Crippen LogP contribution in [0.15, 0.2) is 0 Å². The lowest BCUT2D eigenvalue weighted by Crippen LogP contribution is -2.45. The summed E-state index contributed by atoms with van der Waals surface area (Å²) < 4.78 is 5.54. The Morgan fingerprint density at radius 1 is 1.29 bits per heavy atom. The Morgan fingerprint density at radius 3 is 2.43 bits per heavy atom. The second-order valence-corrected chi connectivity index (χ2v) is 5.57. The fourth-order valence-corrected chi connectivity index (χ4v) is 2.52. The predicted molar refractivity (Wildman–Crippen MR) is 80.2 cm³/mol. The van der Waals surface area contributed by atoms with Crippen LogP contribution in [0, 0.1) is 0 Å². The fraction of sp³-hybridized carbons (Fsp3) is 0.867. The quantitative estimate of drug-likeness (QED) is 0.670. The summed E-state index contributed by atoms with van der Waals surface area (Å²) in [5.41, 5.74) is 0. The minimum Gasteiger partial charge on any atom is -0.481 e. The summed E-state index contributed by atoms with van der Waals surface area (Å²) >= 11 is 0. The molecule has 0 unspecified atom stereocenters. The van der Waals surface area contributed by atoms with E-state index in [2.05, 4.69) is 24.1 Å². The first-order valence-corrected chi connectivity index (χ1v) is 7.90. The van der Waals surface area contributed by atoms with Crippen molar-refractivity contribution in [3.8, 4) is 0 Å². The first-order chi connectivity index (χ1) is 10.0. The summed E-state index contributed by atoms with van der Waals surface area (Å²) in [5.74, 6) is -0.737. The lowest BCUT2D eigenvalue weighted by molar-refractivity contribution is -0.139. The van der Waals surface area contributed by atoms with Crippen LogP contribution < -0.4 is 5.32 Å². The molecule has 0 bridgehead atoms. The van der Waals surface area contributed by atoms with E-state index >= 15 is 0 Å². The van der Waals surface area contributed by atoms with Gasteiger partial charge in [0.15, 0.2) is 0 Å². The van der Waals surface area contributed by atoms with E-state index < -0.39 is 5.97 Å². The molecule has 21 heavy (non-hydrogen) atoms. The number of likely N-dealkylation sites (tertiary alicyclic amines) is 1. The second kappa shape index (κ2) is 9.73. The Hall–Kier alpha value is -1.14. The van der Waals surface area contributed by atoms with Gasteiger partial charge in [-0.1, -0.05) is 13.8 Å². The summed E-state index contributed by atoms with van der Waals surface area (Å²) in [4.78, 5) is 24.5. The highest BCUT2D eigenvalue weighted by molar-refractivity contribution is 5.78. The first-order valence-electron chi connectivity index (χ1n) is 7.90. The molecule has 0 radical (unpaired) electrons. The maximum Gasteiger partial charge on any atom is 0.305 e. The molecule has 1 aliphatic rings. The Morgan fingerprint density at radius 2 is 1.90 bits per heavy atom. The van der Waals surface area contributed by atoms with Gasteiger partial charge in [0.25, 0.3) is 0 Å². The topological polar surface area (TPSA) is 78.9 Å². The number of carboxylic acids is 1. The molecule has 0 aromatic rings. The third-order valence-electron chi connectivity index (χ3n) is 3.92. The average Bonchev–Trinajstić information content (AvgIpc) is 2.46. The number of carbonyl (C=O) groups excluding carboxylic acids is 1. The molecule has 122 valence electrons. The standard InChI is InChI=1S/C15H28N2O4/c1-3-12(4-2)16-14(18)11-17-8-5-13(6-9-17)21-10-7-15(19)20/h12-13H,3-11H2,1-2H3,(H,16,18)(H,19,20). The molecule has 1 amide bonds. The molecule has 0 atom stereocenters. The minimum absolute atomic E-state index is 0.0536. The van der Waals surface area contributed by atoms with Crippen molar-refractivity contribution in [2.75, 3.05) is 26.2 Å². The van der Waals surface area contributed by atoms with Crippen molar-refractivity contribution in [3.05, 3.63) is 0 Å². The van der Waals surface area contributed by atoms with Gasteiger partial charge in [0, 0.05) is 19.1 Å². The number of piperidine rings is 1. The lowest BCUT2D eigenvalue weighted by Gasteiger charge is -2.31. The number of rotatable bonds is 9. The molecule has 0 spiro atoms. The largest absolute Gasteiger partial charge is 0.481 e. The zero-order valence-electron chi connectivity index (χ0n) is 13.1. The van der Waals surface area contributed by atoms with Crippen molar-refractivity contribution in [3.63, 3.8) is 0 Å². The number of ether oxygens (including phenoxy) is 1. The van der Waals surface area contributed by atoms with Crippen molar-refractivity contribution in [1.29, 1.82) is 0 Å². The van der Waals surface area contributed by atoms with Crippen molar-refractivity contribution in [1.82, 2.24) is 10.2 Å². The summed E-state index contributed by atoms with van der Waals surface area (Å²) in [6.07, 6.45) is 3.82. The molecular formula is C15H28N2O4. The van der Waals surface area contributed by atoms with E-state index in [9.17, 15) is 9.59 Å². The molecule has 1 heterocycles. The number of amides is 1. The number of hydrogen-bond acceptors (Lipinski definition) is 4. The minimum atomic E-state index is -0.828. The lowest BCUT2D eigenvalue weighted by atomic mass is 10.1. The van der Waals surface area contributed by atoms with Crippen LogP contribution in [0.4, 0.5) is 0 Å². The van der Waals surface area contributed by atoms with Crippen LogP contribution >= 0.6 is 0 Å².